The second-order valence-corrected chi connectivity index (χ2v) is 3.12. The molecule has 0 amide bonds. The van der Waals surface area contributed by atoms with Crippen molar-refractivity contribution in [3.63, 3.8) is 0 Å². The third-order valence-electron chi connectivity index (χ3n) is 1.66. The van der Waals surface area contributed by atoms with E-state index in [1.165, 1.54) is 38.5 Å². The summed E-state index contributed by atoms with van der Waals surface area (Å²) >= 11 is 0. The molecule has 0 aromatic carbocycles. The van der Waals surface area contributed by atoms with Crippen LogP contribution in [0.3, 0.4) is 0 Å². The summed E-state index contributed by atoms with van der Waals surface area (Å²) in [5.74, 6) is 0. The molecule has 0 saturated carbocycles. The molecular formula is C11H25NaO. The zero-order valence-corrected chi connectivity index (χ0v) is 12.1. The first-order chi connectivity index (χ1) is 5.83. The van der Waals surface area contributed by atoms with E-state index in [2.05, 4.69) is 13.8 Å². The number of hydrogen-bond acceptors (Lipinski definition) is 1. The molecule has 0 radical (unpaired) electrons. The van der Waals surface area contributed by atoms with E-state index in [0.29, 0.717) is 0 Å². The largest absolute Gasteiger partial charge is 1.00 e. The minimum atomic E-state index is 0. The van der Waals surface area contributed by atoms with Crippen molar-refractivity contribution in [2.75, 3.05) is 6.61 Å². The van der Waals surface area contributed by atoms with Gasteiger partial charge in [-0.1, -0.05) is 65.7 Å². The van der Waals surface area contributed by atoms with Crippen LogP contribution in [0, 0.1) is 0 Å². The summed E-state index contributed by atoms with van der Waals surface area (Å²) in [6.45, 7) is 6.45. The van der Waals surface area contributed by atoms with Gasteiger partial charge in [0.2, 0.25) is 0 Å². The average molecular weight is 196 g/mol. The predicted octanol–water partition coefficient (Wildman–Crippen LogP) is 0.128. The minimum Gasteiger partial charge on any atom is -0.854 e. The molecular weight excluding hydrogens is 171 g/mol. The number of rotatable bonds is 6. The van der Waals surface area contributed by atoms with Gasteiger partial charge in [0.25, 0.3) is 0 Å². The summed E-state index contributed by atoms with van der Waals surface area (Å²) in [5, 5.41) is 9.30. The molecule has 0 aromatic rings. The summed E-state index contributed by atoms with van der Waals surface area (Å²) < 4.78 is 0. The van der Waals surface area contributed by atoms with Gasteiger partial charge in [-0.05, 0) is 0 Å². The molecule has 2 heteroatoms. The predicted molar refractivity (Wildman–Crippen MR) is 54.2 cm³/mol. The molecule has 76 valence electrons. The van der Waals surface area contributed by atoms with Gasteiger partial charge in [0.15, 0.2) is 0 Å². The van der Waals surface area contributed by atoms with Crippen LogP contribution in [-0.2, 0) is 0 Å². The van der Waals surface area contributed by atoms with Crippen LogP contribution in [0.15, 0.2) is 0 Å². The minimum absolute atomic E-state index is 0. The first kappa shape index (κ1) is 19.5. The molecule has 0 bridgehead atoms. The molecule has 0 unspecified atom stereocenters. The van der Waals surface area contributed by atoms with Gasteiger partial charge in [-0.15, -0.1) is 6.61 Å². The molecule has 0 atom stereocenters. The first-order valence-corrected chi connectivity index (χ1v) is 5.41. The van der Waals surface area contributed by atoms with Crippen molar-refractivity contribution in [1.29, 1.82) is 0 Å². The summed E-state index contributed by atoms with van der Waals surface area (Å²) in [6, 6.07) is 0. The van der Waals surface area contributed by atoms with Gasteiger partial charge in [-0.3, -0.25) is 0 Å². The van der Waals surface area contributed by atoms with Gasteiger partial charge in [0, 0.05) is 0 Å². The van der Waals surface area contributed by atoms with E-state index in [0.717, 1.165) is 6.42 Å². The van der Waals surface area contributed by atoms with E-state index in [9.17, 15) is 5.11 Å². The van der Waals surface area contributed by atoms with Crippen LogP contribution in [0.2, 0.25) is 0 Å². The molecule has 0 saturated heterocycles. The Labute approximate surface area is 107 Å². The maximum absolute atomic E-state index is 9.30. The van der Waals surface area contributed by atoms with Gasteiger partial charge >= 0.3 is 29.6 Å². The van der Waals surface area contributed by atoms with Gasteiger partial charge in [0.05, 0.1) is 0 Å². The second-order valence-electron chi connectivity index (χ2n) is 3.12. The molecule has 0 aromatic heterocycles. The molecule has 0 aliphatic carbocycles. The van der Waals surface area contributed by atoms with Crippen molar-refractivity contribution < 1.29 is 34.7 Å². The van der Waals surface area contributed by atoms with E-state index in [1.807, 2.05) is 6.92 Å². The normalized spacial score (nSPS) is 8.31. The Hall–Kier alpha value is 0.960. The molecule has 0 spiro atoms. The molecule has 13 heavy (non-hydrogen) atoms. The Morgan fingerprint density at radius 2 is 1.00 bits per heavy atom. The Bertz CT molecular complexity index is 50.1. The van der Waals surface area contributed by atoms with E-state index in [4.69, 9.17) is 0 Å². The molecule has 0 N–H and O–H groups in total. The molecule has 0 aliphatic rings. The monoisotopic (exact) mass is 196 g/mol. The zero-order chi connectivity index (χ0) is 9.66. The number of hydrogen-bond donors (Lipinski definition) is 0. The maximum atomic E-state index is 9.30. The summed E-state index contributed by atoms with van der Waals surface area (Å²) in [6.07, 6.45) is 9.25. The van der Waals surface area contributed by atoms with Crippen molar-refractivity contribution in [3.8, 4) is 0 Å². The van der Waals surface area contributed by atoms with Crippen LogP contribution in [-0.4, -0.2) is 6.61 Å². The van der Waals surface area contributed by atoms with Crippen molar-refractivity contribution in [3.05, 3.63) is 0 Å². The molecule has 0 heterocycles. The van der Waals surface area contributed by atoms with Gasteiger partial charge in [0.1, 0.15) is 0 Å². The smallest absolute Gasteiger partial charge is 0.854 e. The fourth-order valence-corrected chi connectivity index (χ4v) is 0.854. The SMILES string of the molecule is CCCCCCCC.CCC[O-].[Na+]. The van der Waals surface area contributed by atoms with Crippen LogP contribution >= 0.6 is 0 Å². The van der Waals surface area contributed by atoms with Crippen molar-refractivity contribution in [2.45, 2.75) is 65.7 Å². The summed E-state index contributed by atoms with van der Waals surface area (Å²) in [7, 11) is 0. The Balaban J connectivity index is -0.000000173. The standard InChI is InChI=1S/C8H18.C3H7O.Na/c1-3-5-7-8-6-4-2;1-2-3-4;/h3-8H2,1-2H3;2-3H2,1H3;/q;-1;+1. The van der Waals surface area contributed by atoms with Gasteiger partial charge < -0.3 is 5.11 Å². The molecule has 0 fully saturated rings. The Kier molecular flexibility index (Phi) is 34.7. The average Bonchev–Trinajstić information content (AvgIpc) is 2.13. The van der Waals surface area contributed by atoms with E-state index in [1.54, 1.807) is 0 Å². The Morgan fingerprint density at radius 1 is 0.692 bits per heavy atom. The van der Waals surface area contributed by atoms with Crippen LogP contribution in [0.4, 0.5) is 0 Å². The van der Waals surface area contributed by atoms with Crippen LogP contribution in [0.25, 0.3) is 0 Å². The van der Waals surface area contributed by atoms with E-state index >= 15 is 0 Å². The quantitative estimate of drug-likeness (QED) is 0.437. The van der Waals surface area contributed by atoms with Crippen molar-refractivity contribution >= 4 is 0 Å². The number of unbranched alkanes of at least 4 members (excludes halogenated alkanes) is 5. The second kappa shape index (κ2) is 23.1. The van der Waals surface area contributed by atoms with Crippen LogP contribution in [0.1, 0.15) is 65.7 Å². The maximum Gasteiger partial charge on any atom is 1.00 e. The molecule has 0 aliphatic heterocycles. The topological polar surface area (TPSA) is 23.1 Å². The fourth-order valence-electron chi connectivity index (χ4n) is 0.854. The van der Waals surface area contributed by atoms with Crippen molar-refractivity contribution in [2.24, 2.45) is 0 Å². The third-order valence-corrected chi connectivity index (χ3v) is 1.66. The Morgan fingerprint density at radius 3 is 1.15 bits per heavy atom. The third kappa shape index (κ3) is 32.1. The zero-order valence-electron chi connectivity index (χ0n) is 10.1. The van der Waals surface area contributed by atoms with E-state index < -0.39 is 0 Å². The molecule has 0 rings (SSSR count). The molecule has 1 nitrogen and oxygen atoms in total. The summed E-state index contributed by atoms with van der Waals surface area (Å²) in [4.78, 5) is 0. The van der Waals surface area contributed by atoms with E-state index in [-0.39, 0.29) is 36.2 Å². The van der Waals surface area contributed by atoms with Gasteiger partial charge in [-0.2, -0.15) is 0 Å². The van der Waals surface area contributed by atoms with Crippen LogP contribution < -0.4 is 34.7 Å². The van der Waals surface area contributed by atoms with Crippen LogP contribution in [0.5, 0.6) is 0 Å². The van der Waals surface area contributed by atoms with Crippen molar-refractivity contribution in [1.82, 2.24) is 0 Å². The summed E-state index contributed by atoms with van der Waals surface area (Å²) in [5.41, 5.74) is 0. The van der Waals surface area contributed by atoms with Gasteiger partial charge in [-0.25, -0.2) is 0 Å². The fraction of sp³-hybridized carbons (Fsp3) is 1.00. The first-order valence-electron chi connectivity index (χ1n) is 5.41.